The van der Waals surface area contributed by atoms with Crippen LogP contribution in [0.1, 0.15) is 65.2 Å². The number of nitrogens with zero attached hydrogens (tertiary/aromatic N) is 1. The second kappa shape index (κ2) is 5.71. The molecule has 1 aliphatic heterocycles. The van der Waals surface area contributed by atoms with Crippen molar-refractivity contribution in [2.45, 2.75) is 76.8 Å². The first-order valence-electron chi connectivity index (χ1n) is 7.64. The van der Waals surface area contributed by atoms with Gasteiger partial charge in [0.15, 0.2) is 0 Å². The van der Waals surface area contributed by atoms with E-state index in [-0.39, 0.29) is 5.54 Å². The van der Waals surface area contributed by atoms with Crippen molar-refractivity contribution >= 4 is 0 Å². The maximum absolute atomic E-state index is 6.53. The Morgan fingerprint density at radius 2 is 1.88 bits per heavy atom. The van der Waals surface area contributed by atoms with E-state index < -0.39 is 0 Å². The van der Waals surface area contributed by atoms with Gasteiger partial charge in [0, 0.05) is 18.1 Å². The Kier molecular flexibility index (Phi) is 4.48. The lowest BCUT2D eigenvalue weighted by atomic mass is 9.80. The SMILES string of the molecule is CC(C)C1CCCN1CCC1(N)CCCCC1. The molecule has 0 spiro atoms. The van der Waals surface area contributed by atoms with Gasteiger partial charge in [0.1, 0.15) is 0 Å². The third-order valence-corrected chi connectivity index (χ3v) is 4.93. The van der Waals surface area contributed by atoms with Crippen LogP contribution in [0.25, 0.3) is 0 Å². The van der Waals surface area contributed by atoms with Gasteiger partial charge in [-0.3, -0.25) is 0 Å². The maximum atomic E-state index is 6.53. The van der Waals surface area contributed by atoms with Gasteiger partial charge in [0.05, 0.1) is 0 Å². The van der Waals surface area contributed by atoms with Crippen LogP contribution in [0, 0.1) is 5.92 Å². The normalized spacial score (nSPS) is 30.0. The fourth-order valence-corrected chi connectivity index (χ4v) is 3.76. The van der Waals surface area contributed by atoms with Gasteiger partial charge in [-0.2, -0.15) is 0 Å². The molecule has 1 saturated heterocycles. The van der Waals surface area contributed by atoms with E-state index in [0.717, 1.165) is 12.0 Å². The predicted molar refractivity (Wildman–Crippen MR) is 74.1 cm³/mol. The Hall–Kier alpha value is -0.0800. The Balaban J connectivity index is 1.80. The zero-order valence-electron chi connectivity index (χ0n) is 11.8. The summed E-state index contributed by atoms with van der Waals surface area (Å²) < 4.78 is 0. The minimum Gasteiger partial charge on any atom is -0.325 e. The Bertz CT molecular complexity index is 231. The fraction of sp³-hybridized carbons (Fsp3) is 1.00. The highest BCUT2D eigenvalue weighted by Crippen LogP contribution is 2.30. The van der Waals surface area contributed by atoms with Crippen molar-refractivity contribution < 1.29 is 0 Å². The van der Waals surface area contributed by atoms with E-state index in [1.165, 1.54) is 64.5 Å². The number of rotatable bonds is 4. The van der Waals surface area contributed by atoms with Gasteiger partial charge in [0.25, 0.3) is 0 Å². The smallest absolute Gasteiger partial charge is 0.0166 e. The third kappa shape index (κ3) is 3.45. The van der Waals surface area contributed by atoms with Crippen LogP contribution in [0.2, 0.25) is 0 Å². The molecule has 0 aromatic rings. The van der Waals surface area contributed by atoms with E-state index in [0.29, 0.717) is 0 Å². The van der Waals surface area contributed by atoms with Crippen molar-refractivity contribution in [1.82, 2.24) is 4.90 Å². The first-order chi connectivity index (χ1) is 8.11. The second-order valence-corrected chi connectivity index (χ2v) is 6.66. The van der Waals surface area contributed by atoms with Crippen molar-refractivity contribution in [2.75, 3.05) is 13.1 Å². The van der Waals surface area contributed by atoms with Crippen LogP contribution in [0.15, 0.2) is 0 Å². The second-order valence-electron chi connectivity index (χ2n) is 6.66. The summed E-state index contributed by atoms with van der Waals surface area (Å²) in [7, 11) is 0. The molecular formula is C15H30N2. The molecule has 2 aliphatic rings. The van der Waals surface area contributed by atoms with Gasteiger partial charge in [-0.15, -0.1) is 0 Å². The van der Waals surface area contributed by atoms with Crippen LogP contribution in [-0.2, 0) is 0 Å². The molecule has 0 bridgehead atoms. The van der Waals surface area contributed by atoms with Crippen LogP contribution < -0.4 is 5.73 Å². The lowest BCUT2D eigenvalue weighted by Crippen LogP contribution is -2.45. The van der Waals surface area contributed by atoms with Gasteiger partial charge < -0.3 is 10.6 Å². The minimum absolute atomic E-state index is 0.169. The van der Waals surface area contributed by atoms with Crippen LogP contribution in [0.5, 0.6) is 0 Å². The molecule has 0 aromatic heterocycles. The number of hydrogen-bond acceptors (Lipinski definition) is 2. The molecule has 0 radical (unpaired) electrons. The lowest BCUT2D eigenvalue weighted by Gasteiger charge is -2.36. The fourth-order valence-electron chi connectivity index (χ4n) is 3.76. The van der Waals surface area contributed by atoms with Gasteiger partial charge >= 0.3 is 0 Å². The first-order valence-corrected chi connectivity index (χ1v) is 7.64. The van der Waals surface area contributed by atoms with E-state index in [1.807, 2.05) is 0 Å². The van der Waals surface area contributed by atoms with Gasteiger partial charge in [0.2, 0.25) is 0 Å². The summed E-state index contributed by atoms with van der Waals surface area (Å²) >= 11 is 0. The van der Waals surface area contributed by atoms with Crippen molar-refractivity contribution in [3.05, 3.63) is 0 Å². The van der Waals surface area contributed by atoms with E-state index in [9.17, 15) is 0 Å². The van der Waals surface area contributed by atoms with Crippen LogP contribution >= 0.6 is 0 Å². The van der Waals surface area contributed by atoms with E-state index in [2.05, 4.69) is 18.7 Å². The van der Waals surface area contributed by atoms with Gasteiger partial charge in [-0.1, -0.05) is 33.1 Å². The highest BCUT2D eigenvalue weighted by molar-refractivity contribution is 4.90. The van der Waals surface area contributed by atoms with Crippen molar-refractivity contribution in [1.29, 1.82) is 0 Å². The minimum atomic E-state index is 0.169. The van der Waals surface area contributed by atoms with Crippen molar-refractivity contribution in [3.63, 3.8) is 0 Å². The molecule has 1 heterocycles. The standard InChI is InChI=1S/C15H30N2/c1-13(2)14-7-6-11-17(14)12-10-15(16)8-4-3-5-9-15/h13-14H,3-12,16H2,1-2H3. The molecule has 1 unspecified atom stereocenters. The Morgan fingerprint density at radius 1 is 1.18 bits per heavy atom. The maximum Gasteiger partial charge on any atom is 0.0166 e. The highest BCUT2D eigenvalue weighted by atomic mass is 15.2. The van der Waals surface area contributed by atoms with Crippen LogP contribution in [-0.4, -0.2) is 29.6 Å². The topological polar surface area (TPSA) is 29.3 Å². The lowest BCUT2D eigenvalue weighted by molar-refractivity contribution is 0.171. The molecule has 100 valence electrons. The molecule has 2 rings (SSSR count). The van der Waals surface area contributed by atoms with Crippen molar-refractivity contribution in [3.8, 4) is 0 Å². The predicted octanol–water partition coefficient (Wildman–Crippen LogP) is 3.16. The molecule has 1 saturated carbocycles. The first kappa shape index (κ1) is 13.4. The molecule has 2 fully saturated rings. The molecule has 0 aromatic carbocycles. The molecule has 2 N–H and O–H groups in total. The number of hydrogen-bond donors (Lipinski definition) is 1. The summed E-state index contributed by atoms with van der Waals surface area (Å²) in [5.74, 6) is 0.803. The molecule has 2 nitrogen and oxygen atoms in total. The zero-order valence-corrected chi connectivity index (χ0v) is 11.8. The molecule has 0 amide bonds. The summed E-state index contributed by atoms with van der Waals surface area (Å²) in [5, 5.41) is 0. The summed E-state index contributed by atoms with van der Waals surface area (Å²) in [6.07, 6.45) is 10.6. The molecule has 2 heteroatoms. The zero-order chi connectivity index (χ0) is 12.3. The Labute approximate surface area is 107 Å². The molecule has 1 atom stereocenters. The summed E-state index contributed by atoms with van der Waals surface area (Å²) in [6.45, 7) is 7.27. The average molecular weight is 238 g/mol. The molecule has 17 heavy (non-hydrogen) atoms. The van der Waals surface area contributed by atoms with Crippen LogP contribution in [0.4, 0.5) is 0 Å². The largest absolute Gasteiger partial charge is 0.325 e. The average Bonchev–Trinajstić information content (AvgIpc) is 2.76. The summed E-state index contributed by atoms with van der Waals surface area (Å²) in [6, 6.07) is 0.821. The third-order valence-electron chi connectivity index (χ3n) is 4.93. The number of nitrogens with two attached hydrogens (primary N) is 1. The summed E-state index contributed by atoms with van der Waals surface area (Å²) in [5.41, 5.74) is 6.70. The highest BCUT2D eigenvalue weighted by Gasteiger charge is 2.31. The van der Waals surface area contributed by atoms with E-state index in [1.54, 1.807) is 0 Å². The summed E-state index contributed by atoms with van der Waals surface area (Å²) in [4.78, 5) is 2.70. The molecular weight excluding hydrogens is 208 g/mol. The van der Waals surface area contributed by atoms with Gasteiger partial charge in [-0.25, -0.2) is 0 Å². The monoisotopic (exact) mass is 238 g/mol. The molecule has 1 aliphatic carbocycles. The van der Waals surface area contributed by atoms with E-state index in [4.69, 9.17) is 5.73 Å². The van der Waals surface area contributed by atoms with Gasteiger partial charge in [-0.05, 0) is 44.6 Å². The quantitative estimate of drug-likeness (QED) is 0.815. The van der Waals surface area contributed by atoms with Crippen molar-refractivity contribution in [2.24, 2.45) is 11.7 Å². The Morgan fingerprint density at radius 3 is 2.53 bits per heavy atom. The number of likely N-dealkylation sites (tertiary alicyclic amines) is 1. The van der Waals surface area contributed by atoms with E-state index >= 15 is 0 Å². The van der Waals surface area contributed by atoms with Crippen LogP contribution in [0.3, 0.4) is 0 Å².